The zero-order valence-corrected chi connectivity index (χ0v) is 12.5. The lowest BCUT2D eigenvalue weighted by Crippen LogP contribution is -2.07. The van der Waals surface area contributed by atoms with Crippen LogP contribution in [0, 0.1) is 12.7 Å². The van der Waals surface area contributed by atoms with Crippen LogP contribution in [0.5, 0.6) is 0 Å². The fourth-order valence-electron chi connectivity index (χ4n) is 1.77. The molecule has 1 N–H and O–H groups in total. The first kappa shape index (κ1) is 13.9. The number of aromatic nitrogens is 2. The first-order chi connectivity index (χ1) is 9.10. The van der Waals surface area contributed by atoms with E-state index >= 15 is 0 Å². The highest BCUT2D eigenvalue weighted by molar-refractivity contribution is 9.10. The molecule has 19 heavy (non-hydrogen) atoms. The van der Waals surface area contributed by atoms with Gasteiger partial charge in [0.1, 0.15) is 17.5 Å². The molecule has 0 saturated carbocycles. The summed E-state index contributed by atoms with van der Waals surface area (Å²) in [5, 5.41) is 3.19. The van der Waals surface area contributed by atoms with Gasteiger partial charge in [-0.1, -0.05) is 12.1 Å². The third-order valence-corrected chi connectivity index (χ3v) is 3.63. The van der Waals surface area contributed by atoms with Crippen molar-refractivity contribution in [1.82, 2.24) is 9.97 Å². The summed E-state index contributed by atoms with van der Waals surface area (Å²) < 4.78 is 13.7. The van der Waals surface area contributed by atoms with Crippen LogP contribution in [-0.4, -0.2) is 16.5 Å². The molecule has 0 fully saturated rings. The Bertz CT molecular complexity index is 570. The maximum atomic E-state index is 12.9. The summed E-state index contributed by atoms with van der Waals surface area (Å²) in [4.78, 5) is 8.92. The molecule has 0 radical (unpaired) electrons. The molecular formula is C14H15BrFN3. The first-order valence-electron chi connectivity index (χ1n) is 6.11. The Labute approximate surface area is 120 Å². The number of nitrogens with zero attached hydrogens (tertiary/aromatic N) is 2. The van der Waals surface area contributed by atoms with Crippen LogP contribution in [0.2, 0.25) is 0 Å². The van der Waals surface area contributed by atoms with Gasteiger partial charge in [-0.15, -0.1) is 0 Å². The lowest BCUT2D eigenvalue weighted by atomic mass is 10.1. The van der Waals surface area contributed by atoms with E-state index in [2.05, 4.69) is 31.2 Å². The van der Waals surface area contributed by atoms with Crippen LogP contribution in [0.25, 0.3) is 0 Å². The molecule has 2 aromatic rings. The van der Waals surface area contributed by atoms with Crippen molar-refractivity contribution in [3.63, 3.8) is 0 Å². The summed E-state index contributed by atoms with van der Waals surface area (Å²) in [6, 6.07) is 6.41. The number of rotatable bonds is 4. The average Bonchev–Trinajstić information content (AvgIpc) is 2.38. The van der Waals surface area contributed by atoms with Crippen molar-refractivity contribution < 1.29 is 4.39 Å². The summed E-state index contributed by atoms with van der Waals surface area (Å²) in [5.74, 6) is 1.29. The lowest BCUT2D eigenvalue weighted by Gasteiger charge is -2.10. The van der Waals surface area contributed by atoms with E-state index in [0.717, 1.165) is 33.9 Å². The molecule has 100 valence electrons. The van der Waals surface area contributed by atoms with Gasteiger partial charge in [-0.25, -0.2) is 14.4 Å². The molecule has 3 nitrogen and oxygen atoms in total. The minimum Gasteiger partial charge on any atom is -0.369 e. The Kier molecular flexibility index (Phi) is 4.47. The van der Waals surface area contributed by atoms with E-state index < -0.39 is 0 Å². The van der Waals surface area contributed by atoms with Gasteiger partial charge in [0.05, 0.1) is 10.2 Å². The topological polar surface area (TPSA) is 37.8 Å². The van der Waals surface area contributed by atoms with Crippen molar-refractivity contribution in [3.8, 4) is 0 Å². The molecule has 0 aliphatic rings. The molecule has 0 amide bonds. The van der Waals surface area contributed by atoms with Gasteiger partial charge in [-0.05, 0) is 47.5 Å². The maximum absolute atomic E-state index is 12.9. The lowest BCUT2D eigenvalue weighted by molar-refractivity contribution is 0.627. The van der Waals surface area contributed by atoms with Crippen molar-refractivity contribution >= 4 is 21.7 Å². The van der Waals surface area contributed by atoms with Crippen LogP contribution in [0.15, 0.2) is 28.7 Å². The SMILES string of the molecule is CCNc1nc(Cc2ccc(F)cc2)nc(C)c1Br. The van der Waals surface area contributed by atoms with Crippen LogP contribution >= 0.6 is 15.9 Å². The van der Waals surface area contributed by atoms with Gasteiger partial charge in [0.25, 0.3) is 0 Å². The predicted molar refractivity (Wildman–Crippen MR) is 77.8 cm³/mol. The quantitative estimate of drug-likeness (QED) is 0.932. The molecule has 0 spiro atoms. The zero-order chi connectivity index (χ0) is 13.8. The number of aryl methyl sites for hydroxylation is 1. The summed E-state index contributed by atoms with van der Waals surface area (Å²) in [5.41, 5.74) is 1.88. The van der Waals surface area contributed by atoms with Gasteiger partial charge in [0.15, 0.2) is 0 Å². The standard InChI is InChI=1S/C14H15BrFN3/c1-3-17-14-13(15)9(2)18-12(19-14)8-10-4-6-11(16)7-5-10/h4-7H,3,8H2,1-2H3,(H,17,18,19). The Balaban J connectivity index is 2.27. The molecule has 1 aromatic carbocycles. The van der Waals surface area contributed by atoms with Crippen LogP contribution in [-0.2, 0) is 6.42 Å². The fourth-order valence-corrected chi connectivity index (χ4v) is 2.08. The minimum absolute atomic E-state index is 0.231. The second-order valence-electron chi connectivity index (χ2n) is 4.22. The summed E-state index contributed by atoms with van der Waals surface area (Å²) >= 11 is 3.47. The molecule has 0 bridgehead atoms. The van der Waals surface area contributed by atoms with E-state index in [1.54, 1.807) is 12.1 Å². The summed E-state index contributed by atoms with van der Waals surface area (Å²) in [7, 11) is 0. The average molecular weight is 324 g/mol. The molecule has 0 aliphatic heterocycles. The second-order valence-corrected chi connectivity index (χ2v) is 5.01. The molecular weight excluding hydrogens is 309 g/mol. The number of benzene rings is 1. The summed E-state index contributed by atoms with van der Waals surface area (Å²) in [6.07, 6.45) is 0.590. The van der Waals surface area contributed by atoms with E-state index in [-0.39, 0.29) is 5.82 Å². The molecule has 5 heteroatoms. The Hall–Kier alpha value is -1.49. The van der Waals surface area contributed by atoms with Gasteiger partial charge in [-0.2, -0.15) is 0 Å². The number of hydrogen-bond acceptors (Lipinski definition) is 3. The van der Waals surface area contributed by atoms with Crippen molar-refractivity contribution in [2.24, 2.45) is 0 Å². The van der Waals surface area contributed by atoms with Crippen LogP contribution in [0.1, 0.15) is 24.0 Å². The fraction of sp³-hybridized carbons (Fsp3) is 0.286. The monoisotopic (exact) mass is 323 g/mol. The molecule has 0 aliphatic carbocycles. The van der Waals surface area contributed by atoms with Gasteiger partial charge in [-0.3, -0.25) is 0 Å². The van der Waals surface area contributed by atoms with Crippen molar-refractivity contribution in [3.05, 3.63) is 51.6 Å². The predicted octanol–water partition coefficient (Wildman–Crippen LogP) is 3.71. The number of nitrogens with one attached hydrogen (secondary N) is 1. The van der Waals surface area contributed by atoms with Crippen LogP contribution in [0.3, 0.4) is 0 Å². The van der Waals surface area contributed by atoms with Crippen molar-refractivity contribution in [1.29, 1.82) is 0 Å². The molecule has 0 unspecified atom stereocenters. The molecule has 1 aromatic heterocycles. The van der Waals surface area contributed by atoms with Gasteiger partial charge < -0.3 is 5.32 Å². The van der Waals surface area contributed by atoms with Gasteiger partial charge in [0, 0.05) is 13.0 Å². The second kappa shape index (κ2) is 6.10. The summed E-state index contributed by atoms with van der Waals surface area (Å²) in [6.45, 7) is 4.75. The van der Waals surface area contributed by atoms with Crippen molar-refractivity contribution in [2.75, 3.05) is 11.9 Å². The maximum Gasteiger partial charge on any atom is 0.144 e. The minimum atomic E-state index is -0.231. The number of anilines is 1. The highest BCUT2D eigenvalue weighted by Gasteiger charge is 2.09. The zero-order valence-electron chi connectivity index (χ0n) is 10.9. The van der Waals surface area contributed by atoms with Gasteiger partial charge in [0.2, 0.25) is 0 Å². The smallest absolute Gasteiger partial charge is 0.144 e. The van der Waals surface area contributed by atoms with Crippen LogP contribution in [0.4, 0.5) is 10.2 Å². The molecule has 0 atom stereocenters. The Morgan fingerprint density at radius 3 is 2.53 bits per heavy atom. The molecule has 0 saturated heterocycles. The Morgan fingerprint density at radius 1 is 1.21 bits per heavy atom. The highest BCUT2D eigenvalue weighted by Crippen LogP contribution is 2.23. The van der Waals surface area contributed by atoms with E-state index in [9.17, 15) is 4.39 Å². The first-order valence-corrected chi connectivity index (χ1v) is 6.90. The van der Waals surface area contributed by atoms with Crippen LogP contribution < -0.4 is 5.32 Å². The van der Waals surface area contributed by atoms with Crippen molar-refractivity contribution in [2.45, 2.75) is 20.3 Å². The number of halogens is 2. The number of hydrogen-bond donors (Lipinski definition) is 1. The highest BCUT2D eigenvalue weighted by atomic mass is 79.9. The third kappa shape index (κ3) is 3.50. The molecule has 1 heterocycles. The Morgan fingerprint density at radius 2 is 1.89 bits per heavy atom. The third-order valence-electron chi connectivity index (χ3n) is 2.68. The molecule has 2 rings (SSSR count). The van der Waals surface area contributed by atoms with E-state index in [4.69, 9.17) is 0 Å². The van der Waals surface area contributed by atoms with Gasteiger partial charge >= 0.3 is 0 Å². The van der Waals surface area contributed by atoms with E-state index in [1.165, 1.54) is 12.1 Å². The van der Waals surface area contributed by atoms with E-state index in [0.29, 0.717) is 6.42 Å². The van der Waals surface area contributed by atoms with E-state index in [1.807, 2.05) is 13.8 Å². The normalized spacial score (nSPS) is 10.5. The largest absolute Gasteiger partial charge is 0.369 e.